The molecule has 128 valence electrons. The minimum atomic E-state index is -0.118. The van der Waals surface area contributed by atoms with Crippen LogP contribution < -0.4 is 4.90 Å². The molecule has 5 nitrogen and oxygen atoms in total. The second kappa shape index (κ2) is 7.51. The fraction of sp³-hybridized carbons (Fsp3) is 0.474. The first-order valence-electron chi connectivity index (χ1n) is 8.64. The maximum Gasteiger partial charge on any atom is 0.307 e. The smallest absolute Gasteiger partial charge is 0.307 e. The lowest BCUT2D eigenvalue weighted by molar-refractivity contribution is -0.142. The average Bonchev–Trinajstić information content (AvgIpc) is 3.19. The summed E-state index contributed by atoms with van der Waals surface area (Å²) in [4.78, 5) is 18.1. The van der Waals surface area contributed by atoms with E-state index in [2.05, 4.69) is 39.6 Å². The Balaban J connectivity index is 1.68. The van der Waals surface area contributed by atoms with Gasteiger partial charge in [-0.3, -0.25) is 4.79 Å². The van der Waals surface area contributed by atoms with Crippen LogP contribution in [0, 0.1) is 6.92 Å². The van der Waals surface area contributed by atoms with E-state index in [1.54, 1.807) is 0 Å². The van der Waals surface area contributed by atoms with Crippen molar-refractivity contribution in [3.63, 3.8) is 0 Å². The van der Waals surface area contributed by atoms with E-state index >= 15 is 0 Å². The zero-order valence-corrected chi connectivity index (χ0v) is 14.4. The first-order chi connectivity index (χ1) is 11.7. The minimum Gasteiger partial charge on any atom is -0.466 e. The van der Waals surface area contributed by atoms with E-state index in [9.17, 15) is 4.79 Å². The molecule has 5 heteroatoms. The maximum absolute atomic E-state index is 11.7. The number of anilines is 1. The Morgan fingerprint density at radius 3 is 3.00 bits per heavy atom. The van der Waals surface area contributed by atoms with Crippen molar-refractivity contribution in [2.45, 2.75) is 39.2 Å². The predicted octanol–water partition coefficient (Wildman–Crippen LogP) is 3.14. The van der Waals surface area contributed by atoms with E-state index in [1.165, 1.54) is 16.8 Å². The van der Waals surface area contributed by atoms with Crippen LogP contribution in [0.1, 0.15) is 36.8 Å². The number of fused-ring (bicyclic) bond motifs is 1. The van der Waals surface area contributed by atoms with Crippen LogP contribution in [0.15, 0.2) is 36.9 Å². The lowest BCUT2D eigenvalue weighted by Gasteiger charge is -2.19. The van der Waals surface area contributed by atoms with Crippen molar-refractivity contribution in [3.05, 3.63) is 48.0 Å². The molecule has 0 bridgehead atoms. The molecule has 0 saturated carbocycles. The molecule has 0 spiro atoms. The Morgan fingerprint density at radius 1 is 1.38 bits per heavy atom. The van der Waals surface area contributed by atoms with Crippen LogP contribution in [0.3, 0.4) is 0 Å². The number of rotatable bonds is 7. The van der Waals surface area contributed by atoms with Gasteiger partial charge in [0.05, 0.1) is 19.4 Å². The number of ether oxygens (including phenoxy) is 1. The fourth-order valence-electron chi connectivity index (χ4n) is 3.39. The molecule has 0 radical (unpaired) electrons. The molecular formula is C19H25N3O2. The standard InChI is InChI=1S/C19H25N3O2/c1-3-24-19(23)7-10-22-13-16(6-9-21-11-8-20-14-21)17-12-15(2)4-5-18(17)22/h4-5,8,11-12,14,16H,3,6-7,9-10,13H2,1-2H3. The van der Waals surface area contributed by atoms with Gasteiger partial charge < -0.3 is 14.2 Å². The van der Waals surface area contributed by atoms with Crippen LogP contribution in [0.5, 0.6) is 0 Å². The topological polar surface area (TPSA) is 47.4 Å². The van der Waals surface area contributed by atoms with Crippen LogP contribution in [0.2, 0.25) is 0 Å². The summed E-state index contributed by atoms with van der Waals surface area (Å²) in [5.74, 6) is 0.373. The molecule has 0 N–H and O–H groups in total. The molecule has 1 aromatic heterocycles. The van der Waals surface area contributed by atoms with Crippen LogP contribution in [-0.4, -0.2) is 35.2 Å². The number of imidazole rings is 1. The summed E-state index contributed by atoms with van der Waals surface area (Å²) >= 11 is 0. The highest BCUT2D eigenvalue weighted by atomic mass is 16.5. The van der Waals surface area contributed by atoms with Gasteiger partial charge in [0.1, 0.15) is 0 Å². The summed E-state index contributed by atoms with van der Waals surface area (Å²) in [5.41, 5.74) is 3.95. The van der Waals surface area contributed by atoms with Crippen molar-refractivity contribution >= 4 is 11.7 Å². The summed E-state index contributed by atoms with van der Waals surface area (Å²) in [5, 5.41) is 0. The number of carbonyl (C=O) groups is 1. The molecule has 3 rings (SSSR count). The molecule has 24 heavy (non-hydrogen) atoms. The number of carbonyl (C=O) groups excluding carboxylic acids is 1. The van der Waals surface area contributed by atoms with Gasteiger partial charge >= 0.3 is 5.97 Å². The van der Waals surface area contributed by atoms with Gasteiger partial charge in [-0.2, -0.15) is 0 Å². The summed E-state index contributed by atoms with van der Waals surface area (Å²) in [6.07, 6.45) is 7.20. The highest BCUT2D eigenvalue weighted by Gasteiger charge is 2.28. The van der Waals surface area contributed by atoms with Crippen LogP contribution in [0.25, 0.3) is 0 Å². The first-order valence-corrected chi connectivity index (χ1v) is 8.64. The molecule has 2 heterocycles. The Hall–Kier alpha value is -2.30. The number of hydrogen-bond donors (Lipinski definition) is 0. The third-order valence-electron chi connectivity index (χ3n) is 4.59. The van der Waals surface area contributed by atoms with E-state index in [0.29, 0.717) is 18.9 Å². The van der Waals surface area contributed by atoms with E-state index in [1.807, 2.05) is 25.6 Å². The van der Waals surface area contributed by atoms with Crippen molar-refractivity contribution in [3.8, 4) is 0 Å². The summed E-state index contributed by atoms with van der Waals surface area (Å²) < 4.78 is 7.18. The molecule has 1 aliphatic heterocycles. The third-order valence-corrected chi connectivity index (χ3v) is 4.59. The van der Waals surface area contributed by atoms with Gasteiger partial charge in [0.2, 0.25) is 0 Å². The van der Waals surface area contributed by atoms with Crippen LogP contribution in [0.4, 0.5) is 5.69 Å². The van der Waals surface area contributed by atoms with Crippen molar-refractivity contribution in [2.24, 2.45) is 0 Å². The van der Waals surface area contributed by atoms with Gasteiger partial charge in [-0.15, -0.1) is 0 Å². The Morgan fingerprint density at radius 2 is 2.25 bits per heavy atom. The number of aryl methyl sites for hydroxylation is 2. The second-order valence-electron chi connectivity index (χ2n) is 6.35. The SMILES string of the molecule is CCOC(=O)CCN1CC(CCn2ccnc2)c2cc(C)ccc21. The van der Waals surface area contributed by atoms with Crippen molar-refractivity contribution in [1.82, 2.24) is 9.55 Å². The monoisotopic (exact) mass is 327 g/mol. The van der Waals surface area contributed by atoms with Crippen LogP contribution in [-0.2, 0) is 16.1 Å². The molecule has 0 aliphatic carbocycles. The number of benzene rings is 1. The zero-order valence-electron chi connectivity index (χ0n) is 14.4. The normalized spacial score (nSPS) is 16.2. The predicted molar refractivity (Wildman–Crippen MR) is 94.2 cm³/mol. The van der Waals surface area contributed by atoms with Crippen molar-refractivity contribution in [1.29, 1.82) is 0 Å². The number of esters is 1. The van der Waals surface area contributed by atoms with Gasteiger partial charge in [0.15, 0.2) is 0 Å². The molecule has 1 unspecified atom stereocenters. The Labute approximate surface area is 143 Å². The molecule has 1 aromatic carbocycles. The zero-order chi connectivity index (χ0) is 16.9. The number of hydrogen-bond acceptors (Lipinski definition) is 4. The van der Waals surface area contributed by atoms with Gasteiger partial charge in [0, 0.05) is 43.6 Å². The fourth-order valence-corrected chi connectivity index (χ4v) is 3.39. The largest absolute Gasteiger partial charge is 0.466 e. The lowest BCUT2D eigenvalue weighted by atomic mass is 9.96. The first kappa shape index (κ1) is 16.6. The minimum absolute atomic E-state index is 0.118. The van der Waals surface area contributed by atoms with Crippen molar-refractivity contribution in [2.75, 3.05) is 24.6 Å². The molecule has 1 atom stereocenters. The third kappa shape index (κ3) is 3.78. The Bertz CT molecular complexity index is 682. The molecule has 0 fully saturated rings. The Kier molecular flexibility index (Phi) is 5.18. The quantitative estimate of drug-likeness (QED) is 0.733. The van der Waals surface area contributed by atoms with E-state index < -0.39 is 0 Å². The number of nitrogens with zero attached hydrogens (tertiary/aromatic N) is 3. The highest BCUT2D eigenvalue weighted by Crippen LogP contribution is 2.39. The van der Waals surface area contributed by atoms with Crippen LogP contribution >= 0.6 is 0 Å². The summed E-state index contributed by atoms with van der Waals surface area (Å²) in [6, 6.07) is 6.62. The second-order valence-corrected chi connectivity index (χ2v) is 6.35. The summed E-state index contributed by atoms with van der Waals surface area (Å²) in [6.45, 7) is 7.07. The molecule has 0 saturated heterocycles. The lowest BCUT2D eigenvalue weighted by Crippen LogP contribution is -2.25. The van der Waals surface area contributed by atoms with Gasteiger partial charge in [-0.25, -0.2) is 4.98 Å². The highest BCUT2D eigenvalue weighted by molar-refractivity contribution is 5.71. The van der Waals surface area contributed by atoms with E-state index in [0.717, 1.165) is 26.1 Å². The van der Waals surface area contributed by atoms with Gasteiger partial charge in [0.25, 0.3) is 0 Å². The van der Waals surface area contributed by atoms with Gasteiger partial charge in [-0.1, -0.05) is 17.7 Å². The summed E-state index contributed by atoms with van der Waals surface area (Å²) in [7, 11) is 0. The molecule has 0 amide bonds. The number of aromatic nitrogens is 2. The van der Waals surface area contributed by atoms with Crippen molar-refractivity contribution < 1.29 is 9.53 Å². The van der Waals surface area contributed by atoms with Gasteiger partial charge in [-0.05, 0) is 31.9 Å². The molecule has 2 aromatic rings. The molecule has 1 aliphatic rings. The van der Waals surface area contributed by atoms with E-state index in [4.69, 9.17) is 4.74 Å². The maximum atomic E-state index is 11.7. The molecular weight excluding hydrogens is 302 g/mol. The average molecular weight is 327 g/mol. The van der Waals surface area contributed by atoms with E-state index in [-0.39, 0.29) is 5.97 Å².